The molecule has 1 N–H and O–H groups in total. The Morgan fingerprint density at radius 1 is 1.00 bits per heavy atom. The Labute approximate surface area is 105 Å². The first kappa shape index (κ1) is 11.8. The van der Waals surface area contributed by atoms with Crippen LogP contribution in [0.4, 0.5) is 13.2 Å². The fraction of sp³-hybridized carbons (Fsp3) is 0.0714. The summed E-state index contributed by atoms with van der Waals surface area (Å²) in [6.07, 6.45) is -3.74. The van der Waals surface area contributed by atoms with E-state index < -0.39 is 12.0 Å². The summed E-state index contributed by atoms with van der Waals surface area (Å²) in [4.78, 5) is 14.1. The highest BCUT2D eigenvalue weighted by atomic mass is 19.4. The number of carbonyl (C=O) groups excluding carboxylic acids is 1. The van der Waals surface area contributed by atoms with Gasteiger partial charge in [-0.05, 0) is 5.39 Å². The first-order valence-corrected chi connectivity index (χ1v) is 5.59. The number of H-pyrrole nitrogens is 1. The predicted molar refractivity (Wildman–Crippen MR) is 66.2 cm³/mol. The maximum absolute atomic E-state index is 12.5. The number of fused-ring (bicyclic) bond motifs is 3. The molecule has 96 valence electrons. The van der Waals surface area contributed by atoms with Crippen LogP contribution in [0.5, 0.6) is 0 Å². The molecule has 0 unspecified atom stereocenters. The van der Waals surface area contributed by atoms with Crippen molar-refractivity contribution < 1.29 is 18.0 Å². The van der Waals surface area contributed by atoms with Gasteiger partial charge in [0, 0.05) is 17.0 Å². The second kappa shape index (κ2) is 3.85. The Hall–Kier alpha value is -2.30. The molecule has 0 amide bonds. The molecule has 0 fully saturated rings. The van der Waals surface area contributed by atoms with Crippen LogP contribution in [0.1, 0.15) is 10.4 Å². The smallest absolute Gasteiger partial charge is 0.360 e. The molecule has 0 aliphatic rings. The third kappa shape index (κ3) is 1.78. The third-order valence-corrected chi connectivity index (χ3v) is 3.08. The van der Waals surface area contributed by atoms with Gasteiger partial charge in [-0.15, -0.1) is 0 Å². The number of hydrogen-bond acceptors (Lipinski definition) is 1. The van der Waals surface area contributed by atoms with E-state index in [1.54, 1.807) is 18.2 Å². The standard InChI is InChI=1S/C14H8F3NO/c15-14(16,17)13(19)11-7-18-12-9-4-2-1-3-8(9)5-6-10(11)12/h1-7,18H. The normalized spacial score (nSPS) is 12.2. The lowest BCUT2D eigenvalue weighted by molar-refractivity contribution is -0.0884. The fourth-order valence-corrected chi connectivity index (χ4v) is 2.21. The lowest BCUT2D eigenvalue weighted by Gasteiger charge is -2.04. The monoisotopic (exact) mass is 263 g/mol. The Bertz CT molecular complexity index is 786. The molecular formula is C14H8F3NO. The average Bonchev–Trinajstić information content (AvgIpc) is 2.80. The number of hydrogen-bond donors (Lipinski definition) is 1. The van der Waals surface area contributed by atoms with E-state index in [2.05, 4.69) is 4.98 Å². The first-order chi connectivity index (χ1) is 8.98. The molecule has 1 aromatic heterocycles. The van der Waals surface area contributed by atoms with Gasteiger partial charge >= 0.3 is 6.18 Å². The number of alkyl halides is 3. The summed E-state index contributed by atoms with van der Waals surface area (Å²) in [5.41, 5.74) is 0.207. The van der Waals surface area contributed by atoms with Crippen LogP contribution >= 0.6 is 0 Å². The fourth-order valence-electron chi connectivity index (χ4n) is 2.21. The van der Waals surface area contributed by atoms with Crippen LogP contribution in [0.15, 0.2) is 42.6 Å². The van der Waals surface area contributed by atoms with Gasteiger partial charge in [0.2, 0.25) is 0 Å². The van der Waals surface area contributed by atoms with Gasteiger partial charge in [-0.3, -0.25) is 4.79 Å². The van der Waals surface area contributed by atoms with Crippen molar-refractivity contribution in [3.8, 4) is 0 Å². The minimum absolute atomic E-state index is 0.293. The maximum Gasteiger partial charge on any atom is 0.454 e. The van der Waals surface area contributed by atoms with E-state index in [0.29, 0.717) is 10.9 Å². The maximum atomic E-state index is 12.5. The highest BCUT2D eigenvalue weighted by molar-refractivity contribution is 6.16. The van der Waals surface area contributed by atoms with E-state index in [0.717, 1.165) is 17.0 Å². The topological polar surface area (TPSA) is 32.9 Å². The molecule has 0 radical (unpaired) electrons. The second-order valence-electron chi connectivity index (χ2n) is 4.24. The Morgan fingerprint density at radius 3 is 2.47 bits per heavy atom. The van der Waals surface area contributed by atoms with E-state index in [4.69, 9.17) is 0 Å². The minimum atomic E-state index is -4.86. The molecule has 0 bridgehead atoms. The SMILES string of the molecule is O=C(c1c[nH]c2c1ccc1ccccc12)C(F)(F)F. The number of aromatic amines is 1. The zero-order chi connectivity index (χ0) is 13.6. The van der Waals surface area contributed by atoms with Gasteiger partial charge in [0.15, 0.2) is 0 Å². The molecule has 0 aliphatic carbocycles. The van der Waals surface area contributed by atoms with Crippen LogP contribution in [0.25, 0.3) is 21.7 Å². The van der Waals surface area contributed by atoms with Crippen molar-refractivity contribution in [3.05, 3.63) is 48.2 Å². The average molecular weight is 263 g/mol. The van der Waals surface area contributed by atoms with Gasteiger partial charge < -0.3 is 4.98 Å². The molecule has 0 saturated carbocycles. The van der Waals surface area contributed by atoms with Gasteiger partial charge in [-0.1, -0.05) is 36.4 Å². The number of ketones is 1. The first-order valence-electron chi connectivity index (χ1n) is 5.59. The van der Waals surface area contributed by atoms with Crippen molar-refractivity contribution in [2.75, 3.05) is 0 Å². The highest BCUT2D eigenvalue weighted by Crippen LogP contribution is 2.30. The summed E-state index contributed by atoms with van der Waals surface area (Å²) in [7, 11) is 0. The second-order valence-corrected chi connectivity index (χ2v) is 4.24. The molecule has 1 heterocycles. The van der Waals surface area contributed by atoms with Crippen LogP contribution in [0.3, 0.4) is 0 Å². The van der Waals surface area contributed by atoms with Gasteiger partial charge in [-0.2, -0.15) is 13.2 Å². The number of rotatable bonds is 1. The Kier molecular flexibility index (Phi) is 2.38. The summed E-state index contributed by atoms with van der Waals surface area (Å²) < 4.78 is 37.5. The third-order valence-electron chi connectivity index (χ3n) is 3.08. The number of aromatic nitrogens is 1. The molecule has 2 aromatic carbocycles. The van der Waals surface area contributed by atoms with Crippen molar-refractivity contribution in [2.45, 2.75) is 6.18 Å². The van der Waals surface area contributed by atoms with Crippen molar-refractivity contribution >= 4 is 27.5 Å². The van der Waals surface area contributed by atoms with Crippen molar-refractivity contribution in [1.82, 2.24) is 4.98 Å². The predicted octanol–water partition coefficient (Wildman–Crippen LogP) is 4.07. The molecule has 3 rings (SSSR count). The van der Waals surface area contributed by atoms with Crippen LogP contribution in [-0.2, 0) is 0 Å². The van der Waals surface area contributed by atoms with Crippen molar-refractivity contribution in [3.63, 3.8) is 0 Å². The largest absolute Gasteiger partial charge is 0.454 e. The molecule has 3 aromatic rings. The van der Waals surface area contributed by atoms with Crippen LogP contribution in [0, 0.1) is 0 Å². The van der Waals surface area contributed by atoms with Crippen LogP contribution < -0.4 is 0 Å². The molecule has 0 atom stereocenters. The summed E-state index contributed by atoms with van der Waals surface area (Å²) in [5, 5.41) is 1.99. The number of benzene rings is 2. The molecule has 5 heteroatoms. The summed E-state index contributed by atoms with van der Waals surface area (Å²) in [6.45, 7) is 0. The zero-order valence-corrected chi connectivity index (χ0v) is 9.58. The lowest BCUT2D eigenvalue weighted by atomic mass is 10.0. The summed E-state index contributed by atoms with van der Waals surface area (Å²) >= 11 is 0. The zero-order valence-electron chi connectivity index (χ0n) is 9.58. The van der Waals surface area contributed by atoms with E-state index >= 15 is 0 Å². The van der Waals surface area contributed by atoms with Gasteiger partial charge in [0.05, 0.1) is 11.1 Å². The van der Waals surface area contributed by atoms with E-state index in [9.17, 15) is 18.0 Å². The minimum Gasteiger partial charge on any atom is -0.360 e. The molecule has 19 heavy (non-hydrogen) atoms. The summed E-state index contributed by atoms with van der Waals surface area (Å²) in [6, 6.07) is 10.6. The lowest BCUT2D eigenvalue weighted by Crippen LogP contribution is -2.22. The Morgan fingerprint density at radius 2 is 1.74 bits per heavy atom. The van der Waals surface area contributed by atoms with E-state index in [-0.39, 0.29) is 5.56 Å². The number of halogens is 3. The van der Waals surface area contributed by atoms with E-state index in [1.165, 1.54) is 6.07 Å². The Balaban J connectivity index is 2.31. The summed E-state index contributed by atoms with van der Waals surface area (Å²) in [5.74, 6) is -1.82. The molecule has 0 aliphatic heterocycles. The van der Waals surface area contributed by atoms with Crippen molar-refractivity contribution in [2.24, 2.45) is 0 Å². The van der Waals surface area contributed by atoms with E-state index in [1.807, 2.05) is 12.1 Å². The number of carbonyl (C=O) groups is 1. The van der Waals surface area contributed by atoms with Gasteiger partial charge in [-0.25, -0.2) is 0 Å². The van der Waals surface area contributed by atoms with Gasteiger partial charge in [0.25, 0.3) is 5.78 Å². The number of Topliss-reactive ketones (excluding diaryl/α,β-unsaturated/α-hetero) is 1. The number of nitrogens with one attached hydrogen (secondary N) is 1. The molecular weight excluding hydrogens is 255 g/mol. The van der Waals surface area contributed by atoms with Crippen LogP contribution in [-0.4, -0.2) is 16.9 Å². The molecule has 2 nitrogen and oxygen atoms in total. The van der Waals surface area contributed by atoms with Gasteiger partial charge in [0.1, 0.15) is 0 Å². The van der Waals surface area contributed by atoms with Crippen molar-refractivity contribution in [1.29, 1.82) is 0 Å². The molecule has 0 spiro atoms. The highest BCUT2D eigenvalue weighted by Gasteiger charge is 2.40. The van der Waals surface area contributed by atoms with Crippen LogP contribution in [0.2, 0.25) is 0 Å². The molecule has 0 saturated heterocycles. The quantitative estimate of drug-likeness (QED) is 0.660.